The molecule has 3 rings (SSSR count). The molecule has 0 atom stereocenters. The third-order valence-corrected chi connectivity index (χ3v) is 4.49. The molecule has 29 heavy (non-hydrogen) atoms. The SMILES string of the molecule is Nc1nonc1C(=O)NCCNCc1cc(Cl)c(OCc2ccccc2)c(Cl)c1. The van der Waals surface area contributed by atoms with Crippen molar-refractivity contribution in [3.63, 3.8) is 0 Å². The van der Waals surface area contributed by atoms with Gasteiger partial charge in [-0.1, -0.05) is 53.5 Å². The number of nitrogens with one attached hydrogen (secondary N) is 2. The molecule has 0 bridgehead atoms. The summed E-state index contributed by atoms with van der Waals surface area (Å²) in [5.41, 5.74) is 7.35. The summed E-state index contributed by atoms with van der Waals surface area (Å²) >= 11 is 12.7. The number of nitrogen functional groups attached to an aromatic ring is 1. The first-order chi connectivity index (χ1) is 14.0. The quantitative estimate of drug-likeness (QED) is 0.442. The van der Waals surface area contributed by atoms with E-state index in [0.29, 0.717) is 42.0 Å². The van der Waals surface area contributed by atoms with Crippen LogP contribution in [-0.4, -0.2) is 29.3 Å². The van der Waals surface area contributed by atoms with Crippen molar-refractivity contribution in [1.29, 1.82) is 0 Å². The average molecular weight is 436 g/mol. The third kappa shape index (κ3) is 5.83. The van der Waals surface area contributed by atoms with Gasteiger partial charge in [0.15, 0.2) is 5.75 Å². The standard InChI is InChI=1S/C19H19Cl2N5O3/c20-14-8-13(9-15(21)17(14)28-11-12-4-2-1-3-5-12)10-23-6-7-24-19(27)16-18(22)26-29-25-16/h1-5,8-9,23H,6-7,10-11H2,(H2,22,26)(H,24,27). The van der Waals surface area contributed by atoms with E-state index < -0.39 is 5.91 Å². The molecule has 0 unspecified atom stereocenters. The summed E-state index contributed by atoms with van der Waals surface area (Å²) in [4.78, 5) is 11.8. The van der Waals surface area contributed by atoms with Crippen LogP contribution in [0.1, 0.15) is 21.6 Å². The van der Waals surface area contributed by atoms with Crippen molar-refractivity contribution in [3.8, 4) is 5.75 Å². The Morgan fingerprint density at radius 2 is 1.79 bits per heavy atom. The zero-order valence-corrected chi connectivity index (χ0v) is 16.8. The van der Waals surface area contributed by atoms with Crippen LogP contribution in [0.4, 0.5) is 5.82 Å². The molecule has 3 aromatic rings. The maximum atomic E-state index is 11.8. The first-order valence-electron chi connectivity index (χ1n) is 8.76. The highest BCUT2D eigenvalue weighted by Gasteiger charge is 2.15. The van der Waals surface area contributed by atoms with Gasteiger partial charge in [0.05, 0.1) is 10.0 Å². The van der Waals surface area contributed by atoms with Crippen LogP contribution in [0.2, 0.25) is 10.0 Å². The van der Waals surface area contributed by atoms with Crippen LogP contribution >= 0.6 is 23.2 Å². The minimum absolute atomic E-state index is 0.0327. The van der Waals surface area contributed by atoms with E-state index in [0.717, 1.165) is 11.1 Å². The van der Waals surface area contributed by atoms with Gasteiger partial charge in [-0.25, -0.2) is 4.63 Å². The smallest absolute Gasteiger partial charge is 0.277 e. The van der Waals surface area contributed by atoms with Crippen molar-refractivity contribution in [1.82, 2.24) is 20.9 Å². The predicted molar refractivity (Wildman–Crippen MR) is 110 cm³/mol. The molecule has 8 nitrogen and oxygen atoms in total. The fraction of sp³-hybridized carbons (Fsp3) is 0.211. The van der Waals surface area contributed by atoms with E-state index in [1.54, 1.807) is 12.1 Å². The summed E-state index contributed by atoms with van der Waals surface area (Å²) in [5, 5.41) is 13.5. The molecule has 0 aliphatic carbocycles. The third-order valence-electron chi connectivity index (χ3n) is 3.93. The number of amides is 1. The molecule has 0 spiro atoms. The molecule has 0 radical (unpaired) electrons. The van der Waals surface area contributed by atoms with Gasteiger partial charge in [-0.05, 0) is 33.6 Å². The first-order valence-corrected chi connectivity index (χ1v) is 9.52. The molecule has 0 saturated carbocycles. The Morgan fingerprint density at radius 3 is 2.45 bits per heavy atom. The number of nitrogens with two attached hydrogens (primary N) is 1. The van der Waals surface area contributed by atoms with Gasteiger partial charge in [0, 0.05) is 19.6 Å². The van der Waals surface area contributed by atoms with Gasteiger partial charge in [-0.2, -0.15) is 0 Å². The van der Waals surface area contributed by atoms with E-state index in [1.807, 2.05) is 30.3 Å². The van der Waals surface area contributed by atoms with Crippen molar-refractivity contribution in [2.75, 3.05) is 18.8 Å². The summed E-state index contributed by atoms with van der Waals surface area (Å²) < 4.78 is 10.2. The van der Waals surface area contributed by atoms with E-state index in [4.69, 9.17) is 33.7 Å². The van der Waals surface area contributed by atoms with Crippen molar-refractivity contribution in [2.45, 2.75) is 13.2 Å². The van der Waals surface area contributed by atoms with E-state index in [1.165, 1.54) is 0 Å². The van der Waals surface area contributed by atoms with E-state index in [2.05, 4.69) is 25.6 Å². The molecule has 10 heteroatoms. The van der Waals surface area contributed by atoms with Crippen molar-refractivity contribution >= 4 is 34.9 Å². The van der Waals surface area contributed by atoms with Crippen molar-refractivity contribution in [3.05, 3.63) is 69.3 Å². The Bertz CT molecular complexity index is 942. The second-order valence-electron chi connectivity index (χ2n) is 6.09. The van der Waals surface area contributed by atoms with Gasteiger partial charge < -0.3 is 21.1 Å². The van der Waals surface area contributed by atoms with Gasteiger partial charge >= 0.3 is 0 Å². The molecule has 1 heterocycles. The Labute approximate surface area is 177 Å². The molecule has 1 amide bonds. The molecule has 0 fully saturated rings. The largest absolute Gasteiger partial charge is 0.486 e. The normalized spacial score (nSPS) is 10.7. The van der Waals surface area contributed by atoms with E-state index >= 15 is 0 Å². The number of hydrogen-bond donors (Lipinski definition) is 3. The van der Waals surface area contributed by atoms with Crippen LogP contribution in [0.5, 0.6) is 5.75 Å². The lowest BCUT2D eigenvalue weighted by atomic mass is 10.2. The van der Waals surface area contributed by atoms with Gasteiger partial charge in [-0.3, -0.25) is 4.79 Å². The number of nitrogens with zero attached hydrogens (tertiary/aromatic N) is 2. The minimum atomic E-state index is -0.448. The van der Waals surface area contributed by atoms with Crippen molar-refractivity contribution < 1.29 is 14.2 Å². The number of carbonyl (C=O) groups excluding carboxylic acids is 1. The molecule has 2 aromatic carbocycles. The highest BCUT2D eigenvalue weighted by molar-refractivity contribution is 6.37. The molecule has 4 N–H and O–H groups in total. The monoisotopic (exact) mass is 435 g/mol. The number of benzene rings is 2. The van der Waals surface area contributed by atoms with Crippen LogP contribution in [0.15, 0.2) is 47.1 Å². The summed E-state index contributed by atoms with van der Waals surface area (Å²) in [5.74, 6) is -0.0436. The Hall–Kier alpha value is -2.81. The topological polar surface area (TPSA) is 115 Å². The van der Waals surface area contributed by atoms with E-state index in [-0.39, 0.29) is 11.5 Å². The maximum absolute atomic E-state index is 11.8. The maximum Gasteiger partial charge on any atom is 0.277 e. The van der Waals surface area contributed by atoms with Crippen LogP contribution in [-0.2, 0) is 13.2 Å². The van der Waals surface area contributed by atoms with Crippen LogP contribution in [0, 0.1) is 0 Å². The highest BCUT2D eigenvalue weighted by atomic mass is 35.5. The molecule has 0 aliphatic heterocycles. The van der Waals surface area contributed by atoms with Gasteiger partial charge in [-0.15, -0.1) is 0 Å². The fourth-order valence-corrected chi connectivity index (χ4v) is 3.16. The van der Waals surface area contributed by atoms with Gasteiger partial charge in [0.25, 0.3) is 5.91 Å². The zero-order chi connectivity index (χ0) is 20.6. The van der Waals surface area contributed by atoms with Gasteiger partial charge in [0.1, 0.15) is 6.61 Å². The summed E-state index contributed by atoms with van der Waals surface area (Å²) in [7, 11) is 0. The van der Waals surface area contributed by atoms with Crippen LogP contribution < -0.4 is 21.1 Å². The number of ether oxygens (including phenoxy) is 1. The fourth-order valence-electron chi connectivity index (χ4n) is 2.52. The molecule has 0 saturated heterocycles. The number of halogens is 2. The molecular formula is C19H19Cl2N5O3. The Balaban J connectivity index is 1.45. The van der Waals surface area contributed by atoms with Crippen molar-refractivity contribution in [2.24, 2.45) is 0 Å². The number of aromatic nitrogens is 2. The zero-order valence-electron chi connectivity index (χ0n) is 15.3. The predicted octanol–water partition coefficient (Wildman–Crippen LogP) is 3.06. The Morgan fingerprint density at radius 1 is 1.07 bits per heavy atom. The summed E-state index contributed by atoms with van der Waals surface area (Å²) in [6.45, 7) is 1.77. The van der Waals surface area contributed by atoms with Crippen LogP contribution in [0.3, 0.4) is 0 Å². The number of anilines is 1. The van der Waals surface area contributed by atoms with Crippen LogP contribution in [0.25, 0.3) is 0 Å². The van der Waals surface area contributed by atoms with E-state index in [9.17, 15) is 4.79 Å². The number of rotatable bonds is 9. The molecule has 1 aromatic heterocycles. The second kappa shape index (κ2) is 10.1. The summed E-state index contributed by atoms with van der Waals surface area (Å²) in [6.07, 6.45) is 0. The lowest BCUT2D eigenvalue weighted by molar-refractivity contribution is 0.0944. The molecule has 152 valence electrons. The number of carbonyl (C=O) groups is 1. The minimum Gasteiger partial charge on any atom is -0.486 e. The Kier molecular flexibility index (Phi) is 7.29. The van der Waals surface area contributed by atoms with Gasteiger partial charge in [0.2, 0.25) is 11.5 Å². The lowest BCUT2D eigenvalue weighted by Crippen LogP contribution is -2.32. The molecule has 0 aliphatic rings. The summed E-state index contributed by atoms with van der Waals surface area (Å²) in [6, 6.07) is 13.3. The lowest BCUT2D eigenvalue weighted by Gasteiger charge is -2.12. The second-order valence-corrected chi connectivity index (χ2v) is 6.91. The highest BCUT2D eigenvalue weighted by Crippen LogP contribution is 2.34. The first kappa shape index (κ1) is 20.9. The average Bonchev–Trinajstić information content (AvgIpc) is 3.14. The number of hydrogen-bond acceptors (Lipinski definition) is 7. The molecular weight excluding hydrogens is 417 g/mol.